The van der Waals surface area contributed by atoms with Crippen molar-refractivity contribution >= 4 is 33.8 Å². The highest BCUT2D eigenvalue weighted by atomic mass is 32.1. The van der Waals surface area contributed by atoms with Crippen molar-refractivity contribution in [2.75, 3.05) is 6.54 Å². The van der Waals surface area contributed by atoms with Gasteiger partial charge in [0.25, 0.3) is 0 Å². The highest BCUT2D eigenvalue weighted by molar-refractivity contribution is 7.80. The molecule has 0 heterocycles. The van der Waals surface area contributed by atoms with E-state index in [4.69, 9.17) is 16.6 Å². The Bertz CT molecular complexity index is 322. The molecule has 0 bridgehead atoms. The number of hydrogen-bond acceptors (Lipinski definition) is 3. The molecule has 1 saturated carbocycles. The van der Waals surface area contributed by atoms with Crippen LogP contribution in [0.1, 0.15) is 26.2 Å². The second-order valence-corrected chi connectivity index (χ2v) is 17.4. The number of nitrogens with zero attached hydrogens (tertiary/aromatic N) is 1. The summed E-state index contributed by atoms with van der Waals surface area (Å²) in [5.41, 5.74) is 0. The van der Waals surface area contributed by atoms with Crippen molar-refractivity contribution in [2.45, 2.75) is 71.5 Å². The lowest BCUT2D eigenvalue weighted by atomic mass is 10.1. The molecule has 1 aliphatic rings. The molecular weight excluding hydrogens is 286 g/mol. The third-order valence-electron chi connectivity index (χ3n) is 3.79. The van der Waals surface area contributed by atoms with Crippen LogP contribution in [0.25, 0.3) is 0 Å². The zero-order valence-electron chi connectivity index (χ0n) is 13.7. The van der Waals surface area contributed by atoms with E-state index in [1.807, 2.05) is 0 Å². The topological polar surface area (TPSA) is 12.5 Å². The Labute approximate surface area is 127 Å². The Morgan fingerprint density at radius 2 is 1.74 bits per heavy atom. The maximum atomic E-state index is 6.03. The van der Waals surface area contributed by atoms with Gasteiger partial charge in [0, 0.05) is 12.0 Å². The van der Waals surface area contributed by atoms with Crippen LogP contribution in [0.4, 0.5) is 0 Å². The predicted molar refractivity (Wildman–Crippen MR) is 93.9 cm³/mol. The first-order valence-corrected chi connectivity index (χ1v) is 14.8. The molecule has 0 radical (unpaired) electrons. The molecule has 112 valence electrons. The van der Waals surface area contributed by atoms with Gasteiger partial charge in [0.2, 0.25) is 8.32 Å². The average Bonchev–Trinajstić information content (AvgIpc) is 2.62. The zero-order chi connectivity index (χ0) is 14.8. The van der Waals surface area contributed by atoms with E-state index in [1.54, 1.807) is 0 Å². The van der Waals surface area contributed by atoms with Gasteiger partial charge in [-0.3, -0.25) is 0 Å². The van der Waals surface area contributed by atoms with Crippen molar-refractivity contribution in [2.24, 2.45) is 5.92 Å². The molecule has 2 atom stereocenters. The van der Waals surface area contributed by atoms with Crippen LogP contribution in [-0.2, 0) is 4.43 Å². The molecule has 1 fully saturated rings. The maximum Gasteiger partial charge on any atom is 0.242 e. The predicted octanol–water partition coefficient (Wildman–Crippen LogP) is 4.49. The van der Waals surface area contributed by atoms with Crippen molar-refractivity contribution in [3.05, 3.63) is 0 Å². The lowest BCUT2D eigenvalue weighted by Crippen LogP contribution is -2.51. The number of rotatable bonds is 5. The van der Waals surface area contributed by atoms with E-state index in [0.717, 1.165) is 11.1 Å². The van der Waals surface area contributed by atoms with Crippen LogP contribution < -0.4 is 0 Å². The Kier molecular flexibility index (Phi) is 5.81. The van der Waals surface area contributed by atoms with E-state index in [-0.39, 0.29) is 0 Å². The van der Waals surface area contributed by atoms with Crippen LogP contribution >= 0.6 is 12.2 Å². The Morgan fingerprint density at radius 3 is 2.16 bits per heavy atom. The fourth-order valence-corrected chi connectivity index (χ4v) is 7.13. The molecule has 1 rings (SSSR count). The molecule has 0 amide bonds. The van der Waals surface area contributed by atoms with Gasteiger partial charge in [-0.1, -0.05) is 26.6 Å². The first-order chi connectivity index (χ1) is 8.54. The quantitative estimate of drug-likeness (QED) is 0.547. The van der Waals surface area contributed by atoms with Crippen LogP contribution in [0, 0.1) is 5.92 Å². The van der Waals surface area contributed by atoms with Gasteiger partial charge in [0.1, 0.15) is 13.3 Å². The summed E-state index contributed by atoms with van der Waals surface area (Å²) in [5, 5.41) is 0.897. The normalized spacial score (nSPS) is 24.8. The summed E-state index contributed by atoms with van der Waals surface area (Å²) in [5.74, 6) is 0.511. The van der Waals surface area contributed by atoms with Gasteiger partial charge in [-0.05, 0) is 57.7 Å². The van der Waals surface area contributed by atoms with Crippen LogP contribution in [0.2, 0.25) is 39.3 Å². The Hall–Kier alpha value is 0.284. The first-order valence-electron chi connectivity index (χ1n) is 7.54. The lowest BCUT2D eigenvalue weighted by Gasteiger charge is -2.38. The first kappa shape index (κ1) is 17.3. The molecule has 1 aliphatic carbocycles. The van der Waals surface area contributed by atoms with Gasteiger partial charge >= 0.3 is 0 Å². The molecule has 19 heavy (non-hydrogen) atoms. The molecule has 0 N–H and O–H groups in total. The van der Waals surface area contributed by atoms with E-state index in [9.17, 15) is 0 Å². The summed E-state index contributed by atoms with van der Waals surface area (Å²) in [7, 11) is -2.73. The number of hydrogen-bond donors (Lipinski definition) is 0. The van der Waals surface area contributed by atoms with Crippen molar-refractivity contribution in [3.63, 3.8) is 0 Å². The van der Waals surface area contributed by atoms with Crippen molar-refractivity contribution in [1.29, 1.82) is 0 Å². The van der Waals surface area contributed by atoms with E-state index >= 15 is 0 Å². The molecule has 2 nitrogen and oxygen atoms in total. The second-order valence-electron chi connectivity index (χ2n) is 7.65. The average molecular weight is 318 g/mol. The van der Waals surface area contributed by atoms with Crippen molar-refractivity contribution in [1.82, 2.24) is 4.57 Å². The van der Waals surface area contributed by atoms with Crippen LogP contribution in [0.15, 0.2) is 0 Å². The third-order valence-corrected chi connectivity index (χ3v) is 7.59. The summed E-state index contributed by atoms with van der Waals surface area (Å²) in [6.07, 6.45) is 3.72. The summed E-state index contributed by atoms with van der Waals surface area (Å²) < 4.78 is 8.79. The Morgan fingerprint density at radius 1 is 1.16 bits per heavy atom. The van der Waals surface area contributed by atoms with Gasteiger partial charge in [-0.2, -0.15) is 0 Å². The molecule has 0 aromatic carbocycles. The fraction of sp³-hybridized carbons (Fsp3) is 0.929. The van der Waals surface area contributed by atoms with Gasteiger partial charge < -0.3 is 8.99 Å². The fourth-order valence-electron chi connectivity index (χ4n) is 3.12. The molecule has 0 aromatic heterocycles. The maximum absolute atomic E-state index is 6.03. The summed E-state index contributed by atoms with van der Waals surface area (Å²) in [6.45, 7) is 17.4. The smallest absolute Gasteiger partial charge is 0.242 e. The van der Waals surface area contributed by atoms with Crippen LogP contribution in [-0.4, -0.2) is 38.8 Å². The second kappa shape index (κ2) is 6.37. The van der Waals surface area contributed by atoms with Crippen molar-refractivity contribution in [3.8, 4) is 0 Å². The standard InChI is InChI=1S/C14H31NOSSi2/c1-8-15(18(2,3)4)13-10-9-12(11-13)14(17)16-19(5,6)7/h12-13H,8-11H2,1-7H3. The largest absolute Gasteiger partial charge is 0.540 e. The van der Waals surface area contributed by atoms with Gasteiger partial charge in [-0.15, -0.1) is 0 Å². The monoisotopic (exact) mass is 317 g/mol. The molecule has 5 heteroatoms. The number of thiocarbonyl (C=S) groups is 1. The Balaban J connectivity index is 2.60. The van der Waals surface area contributed by atoms with Crippen LogP contribution in [0.3, 0.4) is 0 Å². The molecule has 2 unspecified atom stereocenters. The van der Waals surface area contributed by atoms with Gasteiger partial charge in [-0.25, -0.2) is 0 Å². The lowest BCUT2D eigenvalue weighted by molar-refractivity contribution is 0.328. The van der Waals surface area contributed by atoms with E-state index < -0.39 is 16.6 Å². The minimum Gasteiger partial charge on any atom is -0.540 e. The van der Waals surface area contributed by atoms with Crippen molar-refractivity contribution < 1.29 is 4.43 Å². The van der Waals surface area contributed by atoms with E-state index in [0.29, 0.717) is 5.92 Å². The van der Waals surface area contributed by atoms with E-state index in [1.165, 1.54) is 25.8 Å². The minimum atomic E-state index is -1.53. The van der Waals surface area contributed by atoms with Crippen LogP contribution in [0.5, 0.6) is 0 Å². The molecule has 0 spiro atoms. The van der Waals surface area contributed by atoms with Gasteiger partial charge in [0.05, 0.1) is 0 Å². The summed E-state index contributed by atoms with van der Waals surface area (Å²) in [6, 6.07) is 0.727. The van der Waals surface area contributed by atoms with Gasteiger partial charge in [0.15, 0.2) is 0 Å². The third kappa shape index (κ3) is 5.29. The van der Waals surface area contributed by atoms with E-state index in [2.05, 4.69) is 50.8 Å². The minimum absolute atomic E-state index is 0.511. The summed E-state index contributed by atoms with van der Waals surface area (Å²) >= 11 is 5.54. The highest BCUT2D eigenvalue weighted by Crippen LogP contribution is 2.33. The highest BCUT2D eigenvalue weighted by Gasteiger charge is 2.37. The molecule has 0 aliphatic heterocycles. The molecule has 0 saturated heterocycles. The summed E-state index contributed by atoms with van der Waals surface area (Å²) in [4.78, 5) is 0. The zero-order valence-corrected chi connectivity index (χ0v) is 16.6. The SMILES string of the molecule is CCN(C1CCC(C(=S)O[Si](C)(C)C)C1)[Si](C)(C)C. The molecule has 0 aromatic rings. The molecular formula is C14H31NOSSi2.